The Morgan fingerprint density at radius 1 is 1.44 bits per heavy atom. The number of carbonyl (C=O) groups excluding carboxylic acids is 1. The maximum Gasteiger partial charge on any atom is 1.00 e. The van der Waals surface area contributed by atoms with Gasteiger partial charge in [0.15, 0.2) is 5.69 Å². The molecule has 1 rings (SSSR count). The van der Waals surface area contributed by atoms with Gasteiger partial charge in [-0.1, -0.05) is 11.5 Å². The van der Waals surface area contributed by atoms with Crippen LogP contribution in [0.4, 0.5) is 17.3 Å². The third-order valence-corrected chi connectivity index (χ3v) is 1.65. The van der Waals surface area contributed by atoms with E-state index in [4.69, 9.17) is 0 Å². The Morgan fingerprint density at radius 2 is 2.00 bits per heavy atom. The molecule has 0 aliphatic heterocycles. The number of carbonyl (C=O) groups is 1. The van der Waals surface area contributed by atoms with Crippen LogP contribution >= 0.6 is 0 Å². The van der Waals surface area contributed by atoms with Gasteiger partial charge in [-0.2, -0.15) is 0 Å². The first kappa shape index (κ1) is 16.0. The molecule has 0 aliphatic carbocycles. The second-order valence-electron chi connectivity index (χ2n) is 2.63. The first-order valence-corrected chi connectivity index (χ1v) is 3.80. The summed E-state index contributed by atoms with van der Waals surface area (Å²) in [6.07, 6.45) is 0.708. The van der Waals surface area contributed by atoms with Crippen LogP contribution in [-0.2, 0) is 4.74 Å². The molecule has 9 heteroatoms. The molecule has 0 atom stereocenters. The van der Waals surface area contributed by atoms with Crippen molar-refractivity contribution in [3.05, 3.63) is 23.8 Å². The van der Waals surface area contributed by atoms with Crippen molar-refractivity contribution in [3.8, 4) is 0 Å². The van der Waals surface area contributed by atoms with Gasteiger partial charge in [0.05, 0.1) is 7.11 Å². The molecular weight excluding hydrogens is 256 g/mol. The molecule has 0 spiro atoms. The molecule has 1 heterocycles. The summed E-state index contributed by atoms with van der Waals surface area (Å²) in [6, 6.07) is 0.474. The first-order valence-electron chi connectivity index (χ1n) is 3.80. The van der Waals surface area contributed by atoms with E-state index in [0.717, 1.165) is 7.11 Å². The van der Waals surface area contributed by atoms with Gasteiger partial charge in [-0.15, -0.1) is 0 Å². The number of aromatic nitrogens is 1. The fraction of sp³-hybridized carbons (Fsp3) is 0.143. The molecule has 82 valence electrons. The molecule has 1 aromatic heterocycles. The Balaban J connectivity index is 0.00000225. The van der Waals surface area contributed by atoms with Crippen LogP contribution < -0.4 is 56.8 Å². The third kappa shape index (κ3) is 3.52. The van der Waals surface area contributed by atoms with Crippen molar-refractivity contribution < 1.29 is 78.3 Å². The van der Waals surface area contributed by atoms with Crippen LogP contribution in [0.5, 0.6) is 0 Å². The molecule has 1 aromatic rings. The Labute approximate surface area is 131 Å². The molecule has 0 amide bonds. The molecule has 0 unspecified atom stereocenters. The molecule has 0 N–H and O–H groups in total. The van der Waals surface area contributed by atoms with Crippen molar-refractivity contribution in [2.75, 3.05) is 7.11 Å². The van der Waals surface area contributed by atoms with Crippen LogP contribution in [0.2, 0.25) is 0 Å². The summed E-state index contributed by atoms with van der Waals surface area (Å²) in [7, 11) is 0.925. The second kappa shape index (κ2) is 6.10. The molecule has 0 aromatic carbocycles. The molecule has 3 nitrogen and oxygen atoms in total. The van der Waals surface area contributed by atoms with Gasteiger partial charge in [0.1, 0.15) is 5.82 Å². The van der Waals surface area contributed by atoms with Gasteiger partial charge in [-0.05, 0) is 0 Å². The summed E-state index contributed by atoms with van der Waals surface area (Å²) in [5.41, 5.74) is -2.44. The topological polar surface area (TPSA) is 39.2 Å². The summed E-state index contributed by atoms with van der Waals surface area (Å²) in [4.78, 5) is 14.0. The SMILES string of the molecule is COC(=O)c1nccc([B-](F)(F)F)c1F.[K+]. The van der Waals surface area contributed by atoms with E-state index in [0.29, 0.717) is 12.3 Å². The molecule has 0 saturated heterocycles. The summed E-state index contributed by atoms with van der Waals surface area (Å²) >= 11 is 0. The second-order valence-corrected chi connectivity index (χ2v) is 2.63. The van der Waals surface area contributed by atoms with Crippen LogP contribution in [0.3, 0.4) is 0 Å². The van der Waals surface area contributed by atoms with Gasteiger partial charge in [0.2, 0.25) is 0 Å². The van der Waals surface area contributed by atoms with E-state index in [1.165, 1.54) is 0 Å². The molecular formula is C7H5BF4KNO2. The number of halogens is 4. The fourth-order valence-electron chi connectivity index (χ4n) is 0.950. The van der Waals surface area contributed by atoms with E-state index in [1.54, 1.807) is 0 Å². The average molecular weight is 261 g/mol. The van der Waals surface area contributed by atoms with Crippen LogP contribution in [0.1, 0.15) is 10.5 Å². The Hall–Kier alpha value is 0.0413. The maximum absolute atomic E-state index is 13.1. The normalized spacial score (nSPS) is 10.6. The van der Waals surface area contributed by atoms with Crippen LogP contribution in [0.25, 0.3) is 0 Å². The smallest absolute Gasteiger partial charge is 0.464 e. The largest absolute Gasteiger partial charge is 1.00 e. The standard InChI is InChI=1S/C7H5BF4NO2.K/c1-15-7(14)6-5(9)4(2-3-13-6)8(10,11)12;/h2-3H,1H3;/q-1;+1. The average Bonchev–Trinajstić information content (AvgIpc) is 2.15. The first-order chi connectivity index (χ1) is 6.88. The summed E-state index contributed by atoms with van der Waals surface area (Å²) in [6.45, 7) is -5.51. The van der Waals surface area contributed by atoms with Crippen LogP contribution in [0, 0.1) is 5.82 Å². The van der Waals surface area contributed by atoms with Gasteiger partial charge < -0.3 is 17.7 Å². The van der Waals surface area contributed by atoms with Gasteiger partial charge in [-0.3, -0.25) is 0 Å². The zero-order valence-corrected chi connectivity index (χ0v) is 11.6. The molecule has 0 bridgehead atoms. The van der Waals surface area contributed by atoms with Crippen molar-refractivity contribution in [1.82, 2.24) is 4.98 Å². The van der Waals surface area contributed by atoms with Crippen molar-refractivity contribution in [1.29, 1.82) is 0 Å². The molecule has 0 radical (unpaired) electrons. The van der Waals surface area contributed by atoms with Gasteiger partial charge in [0.25, 0.3) is 0 Å². The van der Waals surface area contributed by atoms with E-state index in [9.17, 15) is 22.1 Å². The molecule has 0 fully saturated rings. The quantitative estimate of drug-likeness (QED) is 0.353. The fourth-order valence-corrected chi connectivity index (χ4v) is 0.950. The van der Waals surface area contributed by atoms with Crippen molar-refractivity contribution in [2.45, 2.75) is 0 Å². The van der Waals surface area contributed by atoms with E-state index in [-0.39, 0.29) is 51.4 Å². The molecule has 0 aliphatic rings. The number of hydrogen-bond donors (Lipinski definition) is 0. The number of ether oxygens (including phenoxy) is 1. The zero-order chi connectivity index (χ0) is 11.6. The number of methoxy groups -OCH3 is 1. The number of rotatable bonds is 2. The van der Waals surface area contributed by atoms with E-state index < -0.39 is 29.9 Å². The molecule has 16 heavy (non-hydrogen) atoms. The predicted octanol–water partition coefficient (Wildman–Crippen LogP) is -1.93. The monoisotopic (exact) mass is 261 g/mol. The maximum atomic E-state index is 13.1. The van der Waals surface area contributed by atoms with E-state index >= 15 is 0 Å². The zero-order valence-electron chi connectivity index (χ0n) is 8.51. The van der Waals surface area contributed by atoms with Crippen LogP contribution in [-0.4, -0.2) is 25.0 Å². The van der Waals surface area contributed by atoms with E-state index in [1.807, 2.05) is 0 Å². The number of pyridine rings is 1. The van der Waals surface area contributed by atoms with Crippen molar-refractivity contribution >= 4 is 18.4 Å². The minimum Gasteiger partial charge on any atom is -0.464 e. The Kier molecular flexibility index (Phi) is 6.12. The minimum atomic E-state index is -5.51. The van der Waals surface area contributed by atoms with Crippen LogP contribution in [0.15, 0.2) is 12.3 Å². The molecule has 0 saturated carbocycles. The van der Waals surface area contributed by atoms with E-state index in [2.05, 4.69) is 9.72 Å². The predicted molar refractivity (Wildman–Crippen MR) is 44.2 cm³/mol. The van der Waals surface area contributed by atoms with Gasteiger partial charge >= 0.3 is 64.3 Å². The van der Waals surface area contributed by atoms with Gasteiger partial charge in [-0.25, -0.2) is 14.2 Å². The Bertz CT molecular complexity index is 398. The minimum absolute atomic E-state index is 0. The Morgan fingerprint density at radius 3 is 2.44 bits per heavy atom. The third-order valence-electron chi connectivity index (χ3n) is 1.65. The number of hydrogen-bond acceptors (Lipinski definition) is 3. The van der Waals surface area contributed by atoms with Crippen molar-refractivity contribution in [3.63, 3.8) is 0 Å². The van der Waals surface area contributed by atoms with Gasteiger partial charge in [0, 0.05) is 6.20 Å². The number of nitrogens with zero attached hydrogens (tertiary/aromatic N) is 1. The number of esters is 1. The summed E-state index contributed by atoms with van der Waals surface area (Å²) < 4.78 is 53.9. The summed E-state index contributed by atoms with van der Waals surface area (Å²) in [5, 5.41) is 0. The van der Waals surface area contributed by atoms with Crippen molar-refractivity contribution in [2.24, 2.45) is 0 Å². The summed E-state index contributed by atoms with van der Waals surface area (Å²) in [5.74, 6) is -2.94.